The molecule has 6 heteroatoms. The number of amides is 1. The number of rotatable bonds is 3. The first-order valence-corrected chi connectivity index (χ1v) is 7.42. The Balaban J connectivity index is 1.93. The van der Waals surface area contributed by atoms with Crippen molar-refractivity contribution < 1.29 is 14.3 Å². The molecule has 0 N–H and O–H groups in total. The predicted molar refractivity (Wildman–Crippen MR) is 87.3 cm³/mol. The van der Waals surface area contributed by atoms with Gasteiger partial charge in [-0.2, -0.15) is 5.01 Å². The van der Waals surface area contributed by atoms with Crippen LogP contribution < -0.4 is 4.74 Å². The summed E-state index contributed by atoms with van der Waals surface area (Å²) in [5, 5.41) is 6.11. The van der Waals surface area contributed by atoms with E-state index in [1.165, 1.54) is 11.9 Å². The molecule has 1 heterocycles. The van der Waals surface area contributed by atoms with E-state index in [9.17, 15) is 4.79 Å². The molecule has 5 nitrogen and oxygen atoms in total. The highest BCUT2D eigenvalue weighted by Crippen LogP contribution is 2.34. The van der Waals surface area contributed by atoms with Crippen molar-refractivity contribution in [3.63, 3.8) is 0 Å². The van der Waals surface area contributed by atoms with Gasteiger partial charge in [0, 0.05) is 23.1 Å². The fraction of sp³-hybridized carbons (Fsp3) is 0.176. The van der Waals surface area contributed by atoms with E-state index in [-0.39, 0.29) is 5.91 Å². The molecule has 0 spiro atoms. The van der Waals surface area contributed by atoms with E-state index in [0.717, 1.165) is 11.3 Å². The zero-order valence-corrected chi connectivity index (χ0v) is 13.4. The first kappa shape index (κ1) is 15.4. The second-order valence-corrected chi connectivity index (χ2v) is 5.40. The minimum atomic E-state index is -0.668. The molecule has 2 aromatic carbocycles. The second kappa shape index (κ2) is 6.30. The van der Waals surface area contributed by atoms with Crippen LogP contribution in [0, 0.1) is 0 Å². The van der Waals surface area contributed by atoms with Crippen molar-refractivity contribution >= 4 is 23.4 Å². The highest BCUT2D eigenvalue weighted by Gasteiger charge is 2.34. The quantitative estimate of drug-likeness (QED) is 0.864. The zero-order chi connectivity index (χ0) is 16.4. The molecule has 0 aliphatic carbocycles. The van der Waals surface area contributed by atoms with Crippen LogP contribution in [-0.2, 0) is 9.53 Å². The Morgan fingerprint density at radius 1 is 1.22 bits per heavy atom. The number of benzene rings is 2. The van der Waals surface area contributed by atoms with Gasteiger partial charge in [-0.25, -0.2) is 0 Å². The van der Waals surface area contributed by atoms with Gasteiger partial charge in [-0.1, -0.05) is 29.8 Å². The Labute approximate surface area is 139 Å². The second-order valence-electron chi connectivity index (χ2n) is 4.99. The average molecular weight is 331 g/mol. The summed E-state index contributed by atoms with van der Waals surface area (Å²) in [7, 11) is 1.60. The van der Waals surface area contributed by atoms with Crippen LogP contribution in [0.4, 0.5) is 0 Å². The third-order valence-electron chi connectivity index (χ3n) is 3.47. The number of halogens is 1. The topological polar surface area (TPSA) is 51.1 Å². The fourth-order valence-electron chi connectivity index (χ4n) is 2.30. The van der Waals surface area contributed by atoms with Crippen LogP contribution in [0.1, 0.15) is 24.3 Å². The van der Waals surface area contributed by atoms with Crippen molar-refractivity contribution in [1.29, 1.82) is 0 Å². The number of ether oxygens (including phenoxy) is 2. The van der Waals surface area contributed by atoms with Crippen LogP contribution in [0.25, 0.3) is 0 Å². The van der Waals surface area contributed by atoms with Crippen LogP contribution >= 0.6 is 11.6 Å². The van der Waals surface area contributed by atoms with Crippen LogP contribution in [0.15, 0.2) is 53.6 Å². The Hall–Kier alpha value is -2.53. The molecular formula is C17H15ClN2O3. The number of hydrogen-bond acceptors (Lipinski definition) is 4. The van der Waals surface area contributed by atoms with Gasteiger partial charge < -0.3 is 9.47 Å². The largest absolute Gasteiger partial charge is 0.497 e. The van der Waals surface area contributed by atoms with E-state index in [1.54, 1.807) is 13.2 Å². The molecule has 1 atom stereocenters. The molecule has 3 rings (SSSR count). The van der Waals surface area contributed by atoms with Crippen molar-refractivity contribution in [2.75, 3.05) is 7.11 Å². The van der Waals surface area contributed by atoms with E-state index in [4.69, 9.17) is 21.1 Å². The van der Waals surface area contributed by atoms with Gasteiger partial charge in [-0.15, -0.1) is 5.10 Å². The fourth-order valence-corrected chi connectivity index (χ4v) is 2.52. The van der Waals surface area contributed by atoms with Crippen LogP contribution in [0.2, 0.25) is 5.02 Å². The Kier molecular flexibility index (Phi) is 4.21. The van der Waals surface area contributed by atoms with Crippen molar-refractivity contribution in [1.82, 2.24) is 5.01 Å². The summed E-state index contributed by atoms with van der Waals surface area (Å²) in [5.41, 5.74) is 1.45. The molecular weight excluding hydrogens is 316 g/mol. The number of methoxy groups -OCH3 is 1. The standard InChI is InChI=1S/C17H15ClN2O3/c1-11(21)20-17(14-5-3-4-6-15(14)18)23-16(19-20)12-7-9-13(22-2)10-8-12/h3-10,17H,1-2H3/t17-/m1/s1. The van der Waals surface area contributed by atoms with Gasteiger partial charge in [-0.3, -0.25) is 4.79 Å². The molecule has 1 aliphatic heterocycles. The average Bonchev–Trinajstić information content (AvgIpc) is 3.01. The van der Waals surface area contributed by atoms with Gasteiger partial charge in [0.15, 0.2) is 0 Å². The molecule has 0 saturated heterocycles. The molecule has 118 valence electrons. The molecule has 0 aromatic heterocycles. The summed E-state index contributed by atoms with van der Waals surface area (Å²) in [5.74, 6) is 0.879. The normalized spacial score (nSPS) is 16.7. The van der Waals surface area contributed by atoms with Gasteiger partial charge in [0.2, 0.25) is 18.0 Å². The van der Waals surface area contributed by atoms with Crippen molar-refractivity contribution in [3.05, 3.63) is 64.7 Å². The van der Waals surface area contributed by atoms with E-state index in [2.05, 4.69) is 5.10 Å². The summed E-state index contributed by atoms with van der Waals surface area (Å²) in [6.07, 6.45) is -0.668. The lowest BCUT2D eigenvalue weighted by molar-refractivity contribution is -0.135. The minimum Gasteiger partial charge on any atom is -0.497 e. The number of carbonyl (C=O) groups is 1. The zero-order valence-electron chi connectivity index (χ0n) is 12.7. The summed E-state index contributed by atoms with van der Waals surface area (Å²) < 4.78 is 11.0. The van der Waals surface area contributed by atoms with Crippen molar-refractivity contribution in [2.24, 2.45) is 5.10 Å². The van der Waals surface area contributed by atoms with Crippen LogP contribution in [-0.4, -0.2) is 23.9 Å². The van der Waals surface area contributed by atoms with E-state index in [0.29, 0.717) is 16.5 Å². The molecule has 0 saturated carbocycles. The summed E-state index contributed by atoms with van der Waals surface area (Å²) in [6.45, 7) is 1.44. The SMILES string of the molecule is COc1ccc(C2=NN(C(C)=O)[C@@H](c3ccccc3Cl)O2)cc1. The highest BCUT2D eigenvalue weighted by molar-refractivity contribution is 6.31. The molecule has 0 fully saturated rings. The first-order valence-electron chi connectivity index (χ1n) is 7.04. The van der Waals surface area contributed by atoms with Crippen molar-refractivity contribution in [3.8, 4) is 5.75 Å². The Morgan fingerprint density at radius 2 is 1.91 bits per heavy atom. The lowest BCUT2D eigenvalue weighted by Gasteiger charge is -2.20. The van der Waals surface area contributed by atoms with E-state index >= 15 is 0 Å². The molecule has 23 heavy (non-hydrogen) atoms. The number of hydrogen-bond donors (Lipinski definition) is 0. The maximum atomic E-state index is 11.9. The maximum Gasteiger partial charge on any atom is 0.243 e. The third kappa shape index (κ3) is 3.00. The summed E-state index contributed by atoms with van der Waals surface area (Å²) in [4.78, 5) is 11.9. The minimum absolute atomic E-state index is 0.224. The molecule has 0 radical (unpaired) electrons. The molecule has 0 unspecified atom stereocenters. The summed E-state index contributed by atoms with van der Waals surface area (Å²) >= 11 is 6.22. The van der Waals surface area contributed by atoms with Gasteiger partial charge in [-0.05, 0) is 30.3 Å². The lowest BCUT2D eigenvalue weighted by atomic mass is 10.2. The summed E-state index contributed by atoms with van der Waals surface area (Å²) in [6, 6.07) is 14.5. The van der Waals surface area contributed by atoms with E-state index in [1.807, 2.05) is 42.5 Å². The molecule has 0 bridgehead atoms. The predicted octanol–water partition coefficient (Wildman–Crippen LogP) is 3.59. The van der Waals surface area contributed by atoms with Gasteiger partial charge in [0.1, 0.15) is 5.75 Å². The highest BCUT2D eigenvalue weighted by atomic mass is 35.5. The number of nitrogens with zero attached hydrogens (tertiary/aromatic N) is 2. The van der Waals surface area contributed by atoms with Crippen LogP contribution in [0.5, 0.6) is 5.75 Å². The Bertz CT molecular complexity index is 759. The van der Waals surface area contributed by atoms with Gasteiger partial charge in [0.25, 0.3) is 0 Å². The van der Waals surface area contributed by atoms with Gasteiger partial charge >= 0.3 is 0 Å². The first-order chi connectivity index (χ1) is 11.1. The number of carbonyl (C=O) groups excluding carboxylic acids is 1. The van der Waals surface area contributed by atoms with Crippen molar-refractivity contribution in [2.45, 2.75) is 13.2 Å². The van der Waals surface area contributed by atoms with E-state index < -0.39 is 6.23 Å². The van der Waals surface area contributed by atoms with Crippen LogP contribution in [0.3, 0.4) is 0 Å². The molecule has 1 aliphatic rings. The monoisotopic (exact) mass is 330 g/mol. The smallest absolute Gasteiger partial charge is 0.243 e. The maximum absolute atomic E-state index is 11.9. The molecule has 1 amide bonds. The third-order valence-corrected chi connectivity index (χ3v) is 3.82. The van der Waals surface area contributed by atoms with Gasteiger partial charge in [0.05, 0.1) is 7.11 Å². The lowest BCUT2D eigenvalue weighted by Crippen LogP contribution is -2.25. The number of hydrazone groups is 1. The Morgan fingerprint density at radius 3 is 2.52 bits per heavy atom. The molecule has 2 aromatic rings.